The average molecular weight is 320 g/mol. The molecule has 0 spiro atoms. The molecule has 1 aromatic rings. The van der Waals surface area contributed by atoms with Gasteiger partial charge in [0.05, 0.1) is 13.2 Å². The topological polar surface area (TPSA) is 50.8 Å². The standard InChI is InChI=1S/C18H28N2O3/c1-3-22-16-7-4-5-8-17(16)23-12-6-9-18(21)20-11-10-15(14-20)13-19-2/h4-5,7-8,15,19H,3,6,9-14H2,1-2H3. The molecule has 5 heteroatoms. The second-order valence-electron chi connectivity index (χ2n) is 5.88. The van der Waals surface area contributed by atoms with Crippen LogP contribution in [0.2, 0.25) is 0 Å². The zero-order valence-corrected chi connectivity index (χ0v) is 14.2. The monoisotopic (exact) mass is 320 g/mol. The summed E-state index contributed by atoms with van der Waals surface area (Å²) >= 11 is 0. The van der Waals surface area contributed by atoms with E-state index in [9.17, 15) is 4.79 Å². The molecule has 1 fully saturated rings. The quantitative estimate of drug-likeness (QED) is 0.710. The van der Waals surface area contributed by atoms with Gasteiger partial charge in [-0.2, -0.15) is 0 Å². The third-order valence-electron chi connectivity index (χ3n) is 4.07. The van der Waals surface area contributed by atoms with Crippen LogP contribution in [0.15, 0.2) is 24.3 Å². The first-order chi connectivity index (χ1) is 11.2. The number of ether oxygens (including phenoxy) is 2. The van der Waals surface area contributed by atoms with Gasteiger partial charge in [-0.25, -0.2) is 0 Å². The van der Waals surface area contributed by atoms with Crippen molar-refractivity contribution in [1.82, 2.24) is 10.2 Å². The molecule has 1 aliphatic heterocycles. The number of nitrogens with zero attached hydrogens (tertiary/aromatic N) is 1. The summed E-state index contributed by atoms with van der Waals surface area (Å²) in [5, 5.41) is 3.19. The number of benzene rings is 1. The van der Waals surface area contributed by atoms with Crippen LogP contribution in [0.4, 0.5) is 0 Å². The van der Waals surface area contributed by atoms with Crippen LogP contribution in [0.5, 0.6) is 11.5 Å². The second-order valence-corrected chi connectivity index (χ2v) is 5.88. The molecule has 1 atom stereocenters. The zero-order valence-electron chi connectivity index (χ0n) is 14.2. The predicted octanol–water partition coefficient (Wildman–Crippen LogP) is 2.31. The average Bonchev–Trinajstić information content (AvgIpc) is 3.02. The maximum atomic E-state index is 12.2. The van der Waals surface area contributed by atoms with Crippen molar-refractivity contribution in [3.05, 3.63) is 24.3 Å². The van der Waals surface area contributed by atoms with Crippen LogP contribution >= 0.6 is 0 Å². The van der Waals surface area contributed by atoms with Gasteiger partial charge in [-0.3, -0.25) is 4.79 Å². The molecule has 23 heavy (non-hydrogen) atoms. The Hall–Kier alpha value is -1.75. The van der Waals surface area contributed by atoms with Crippen molar-refractivity contribution < 1.29 is 14.3 Å². The Morgan fingerprint density at radius 2 is 2.04 bits per heavy atom. The molecule has 5 nitrogen and oxygen atoms in total. The van der Waals surface area contributed by atoms with Gasteiger partial charge in [-0.15, -0.1) is 0 Å². The minimum atomic E-state index is 0.241. The maximum Gasteiger partial charge on any atom is 0.222 e. The Labute approximate surface area is 139 Å². The lowest BCUT2D eigenvalue weighted by molar-refractivity contribution is -0.130. The number of amides is 1. The summed E-state index contributed by atoms with van der Waals surface area (Å²) in [6.07, 6.45) is 2.38. The van der Waals surface area contributed by atoms with Gasteiger partial charge in [0.2, 0.25) is 5.91 Å². The summed E-state index contributed by atoms with van der Waals surface area (Å²) in [4.78, 5) is 14.2. The van der Waals surface area contributed by atoms with E-state index in [1.807, 2.05) is 43.1 Å². The minimum Gasteiger partial charge on any atom is -0.490 e. The molecule has 0 aromatic heterocycles. The molecule has 1 N–H and O–H groups in total. The third kappa shape index (κ3) is 5.43. The second kappa shape index (κ2) is 9.40. The summed E-state index contributed by atoms with van der Waals surface area (Å²) in [7, 11) is 1.96. The first kappa shape index (κ1) is 17.6. The van der Waals surface area contributed by atoms with E-state index in [2.05, 4.69) is 5.32 Å². The molecule has 128 valence electrons. The van der Waals surface area contributed by atoms with E-state index in [1.54, 1.807) is 0 Å². The van der Waals surface area contributed by atoms with Gasteiger partial charge >= 0.3 is 0 Å². The van der Waals surface area contributed by atoms with E-state index in [1.165, 1.54) is 0 Å². The summed E-state index contributed by atoms with van der Waals surface area (Å²) in [6.45, 7) is 5.85. The lowest BCUT2D eigenvalue weighted by Crippen LogP contribution is -2.30. The number of para-hydroxylation sites is 2. The number of rotatable bonds is 9. The van der Waals surface area contributed by atoms with Crippen molar-refractivity contribution >= 4 is 5.91 Å². The van der Waals surface area contributed by atoms with Gasteiger partial charge in [0.25, 0.3) is 0 Å². The van der Waals surface area contributed by atoms with Gasteiger partial charge in [0.1, 0.15) is 0 Å². The molecule has 0 bridgehead atoms. The van der Waals surface area contributed by atoms with Gasteiger partial charge in [-0.05, 0) is 51.4 Å². The van der Waals surface area contributed by atoms with Gasteiger partial charge in [0.15, 0.2) is 11.5 Å². The predicted molar refractivity (Wildman–Crippen MR) is 91.0 cm³/mol. The van der Waals surface area contributed by atoms with E-state index in [4.69, 9.17) is 9.47 Å². The van der Waals surface area contributed by atoms with Crippen molar-refractivity contribution in [1.29, 1.82) is 0 Å². The Morgan fingerprint density at radius 3 is 2.74 bits per heavy atom. The Bertz CT molecular complexity index is 493. The molecular weight excluding hydrogens is 292 g/mol. The Kier molecular flexibility index (Phi) is 7.20. The van der Waals surface area contributed by atoms with Crippen LogP contribution in [0, 0.1) is 5.92 Å². The number of hydrogen-bond acceptors (Lipinski definition) is 4. The molecule has 1 aliphatic rings. The lowest BCUT2D eigenvalue weighted by atomic mass is 10.1. The summed E-state index contributed by atoms with van der Waals surface area (Å²) in [6, 6.07) is 7.65. The molecule has 1 aromatic carbocycles. The van der Waals surface area contributed by atoms with Gasteiger partial charge < -0.3 is 19.7 Å². The van der Waals surface area contributed by atoms with Gasteiger partial charge in [-0.1, -0.05) is 12.1 Å². The van der Waals surface area contributed by atoms with Crippen molar-refractivity contribution in [2.45, 2.75) is 26.2 Å². The lowest BCUT2D eigenvalue weighted by Gasteiger charge is -2.17. The summed E-state index contributed by atoms with van der Waals surface area (Å²) in [5.41, 5.74) is 0. The summed E-state index contributed by atoms with van der Waals surface area (Å²) in [5.74, 6) is 2.34. The van der Waals surface area contributed by atoms with Crippen LogP contribution in [-0.4, -0.2) is 50.7 Å². The molecule has 1 amide bonds. The summed E-state index contributed by atoms with van der Waals surface area (Å²) < 4.78 is 11.3. The molecule has 0 saturated carbocycles. The fraction of sp³-hybridized carbons (Fsp3) is 0.611. The van der Waals surface area contributed by atoms with Crippen LogP contribution < -0.4 is 14.8 Å². The van der Waals surface area contributed by atoms with Crippen molar-refractivity contribution in [2.75, 3.05) is 39.9 Å². The number of hydrogen-bond donors (Lipinski definition) is 1. The molecule has 1 heterocycles. The molecule has 1 unspecified atom stereocenters. The highest BCUT2D eigenvalue weighted by Gasteiger charge is 2.25. The van der Waals surface area contributed by atoms with Crippen molar-refractivity contribution in [3.63, 3.8) is 0 Å². The number of nitrogens with one attached hydrogen (secondary N) is 1. The third-order valence-corrected chi connectivity index (χ3v) is 4.07. The number of likely N-dealkylation sites (tertiary alicyclic amines) is 1. The Balaban J connectivity index is 1.68. The van der Waals surface area contributed by atoms with Crippen molar-refractivity contribution in [2.24, 2.45) is 5.92 Å². The van der Waals surface area contributed by atoms with E-state index < -0.39 is 0 Å². The minimum absolute atomic E-state index is 0.241. The van der Waals surface area contributed by atoms with E-state index in [0.29, 0.717) is 25.6 Å². The molecule has 0 radical (unpaired) electrons. The smallest absolute Gasteiger partial charge is 0.222 e. The largest absolute Gasteiger partial charge is 0.490 e. The first-order valence-electron chi connectivity index (χ1n) is 8.51. The number of carbonyl (C=O) groups excluding carboxylic acids is 1. The highest BCUT2D eigenvalue weighted by molar-refractivity contribution is 5.76. The highest BCUT2D eigenvalue weighted by Crippen LogP contribution is 2.26. The van der Waals surface area contributed by atoms with E-state index >= 15 is 0 Å². The van der Waals surface area contributed by atoms with Gasteiger partial charge in [0, 0.05) is 19.5 Å². The van der Waals surface area contributed by atoms with Crippen LogP contribution in [-0.2, 0) is 4.79 Å². The molecular formula is C18H28N2O3. The van der Waals surface area contributed by atoms with Crippen LogP contribution in [0.3, 0.4) is 0 Å². The van der Waals surface area contributed by atoms with Crippen LogP contribution in [0.25, 0.3) is 0 Å². The normalized spacial score (nSPS) is 17.3. The van der Waals surface area contributed by atoms with Crippen LogP contribution in [0.1, 0.15) is 26.2 Å². The highest BCUT2D eigenvalue weighted by atomic mass is 16.5. The van der Waals surface area contributed by atoms with E-state index in [0.717, 1.165) is 44.0 Å². The maximum absolute atomic E-state index is 12.2. The SMILES string of the molecule is CCOc1ccccc1OCCCC(=O)N1CCC(CNC)C1. The fourth-order valence-corrected chi connectivity index (χ4v) is 2.92. The zero-order chi connectivity index (χ0) is 16.5. The van der Waals surface area contributed by atoms with E-state index in [-0.39, 0.29) is 5.91 Å². The molecule has 1 saturated heterocycles. The first-order valence-corrected chi connectivity index (χ1v) is 8.51. The molecule has 2 rings (SSSR count). The molecule has 0 aliphatic carbocycles. The number of carbonyl (C=O) groups is 1. The fourth-order valence-electron chi connectivity index (χ4n) is 2.92. The van der Waals surface area contributed by atoms with Crippen molar-refractivity contribution in [3.8, 4) is 11.5 Å². The Morgan fingerprint density at radius 1 is 1.30 bits per heavy atom.